The number of ether oxygens (including phenoxy) is 1. The fourth-order valence-corrected chi connectivity index (χ4v) is 1.02. The minimum atomic E-state index is -4.28. The normalized spacial score (nSPS) is 13.2. The molecule has 1 aromatic rings. The van der Waals surface area contributed by atoms with Gasteiger partial charge >= 0.3 is 6.18 Å². The molecule has 0 saturated heterocycles. The van der Waals surface area contributed by atoms with Crippen LogP contribution in [-0.4, -0.2) is 28.5 Å². The van der Waals surface area contributed by atoms with Gasteiger partial charge in [0.2, 0.25) is 5.88 Å². The minimum absolute atomic E-state index is 0.0395. The van der Waals surface area contributed by atoms with Gasteiger partial charge in [0.25, 0.3) is 0 Å². The van der Waals surface area contributed by atoms with Crippen LogP contribution < -0.4 is 4.74 Å². The molecule has 1 unspecified atom stereocenters. The summed E-state index contributed by atoms with van der Waals surface area (Å²) in [4.78, 5) is 17.5. The second-order valence-electron chi connectivity index (χ2n) is 3.15. The summed E-state index contributed by atoms with van der Waals surface area (Å²) in [6.45, 7) is 1.28. The van der Waals surface area contributed by atoms with Crippen LogP contribution >= 0.6 is 0 Å². The second kappa shape index (κ2) is 4.91. The first kappa shape index (κ1) is 12.4. The van der Waals surface area contributed by atoms with E-state index < -0.39 is 18.7 Å². The van der Waals surface area contributed by atoms with E-state index in [1.165, 1.54) is 6.92 Å². The van der Waals surface area contributed by atoms with E-state index >= 15 is 0 Å². The number of aromatic nitrogens is 2. The molecule has 1 heterocycles. The Kier molecular flexibility index (Phi) is 3.81. The van der Waals surface area contributed by atoms with Crippen molar-refractivity contribution in [3.05, 3.63) is 18.1 Å². The highest BCUT2D eigenvalue weighted by atomic mass is 19.4. The van der Waals surface area contributed by atoms with Crippen LogP contribution in [0.1, 0.15) is 23.8 Å². The molecule has 1 rings (SSSR count). The van der Waals surface area contributed by atoms with Gasteiger partial charge in [0.1, 0.15) is 11.8 Å². The molecule has 1 aromatic heterocycles. The Morgan fingerprint density at radius 1 is 1.44 bits per heavy atom. The largest absolute Gasteiger partial charge is 0.473 e. The molecule has 0 N–H and O–H groups in total. The zero-order valence-electron chi connectivity index (χ0n) is 8.36. The molecule has 0 aliphatic heterocycles. The van der Waals surface area contributed by atoms with Gasteiger partial charge in [0.15, 0.2) is 6.29 Å². The van der Waals surface area contributed by atoms with Crippen molar-refractivity contribution in [2.45, 2.75) is 25.6 Å². The molecule has 0 bridgehead atoms. The van der Waals surface area contributed by atoms with Crippen LogP contribution in [0.5, 0.6) is 5.88 Å². The first-order valence-corrected chi connectivity index (χ1v) is 4.41. The van der Waals surface area contributed by atoms with Crippen LogP contribution in [0.25, 0.3) is 0 Å². The summed E-state index contributed by atoms with van der Waals surface area (Å²) in [6.07, 6.45) is -3.68. The summed E-state index contributed by atoms with van der Waals surface area (Å²) in [7, 11) is 0. The van der Waals surface area contributed by atoms with Gasteiger partial charge in [-0.2, -0.15) is 13.2 Å². The van der Waals surface area contributed by atoms with E-state index in [4.69, 9.17) is 4.74 Å². The molecule has 0 fully saturated rings. The number of halogens is 3. The average molecular weight is 234 g/mol. The predicted octanol–water partition coefficient (Wildman–Crippen LogP) is 2.01. The number of carbonyl (C=O) groups is 1. The van der Waals surface area contributed by atoms with Crippen LogP contribution in [-0.2, 0) is 0 Å². The van der Waals surface area contributed by atoms with E-state index in [9.17, 15) is 18.0 Å². The van der Waals surface area contributed by atoms with Crippen molar-refractivity contribution in [2.24, 2.45) is 0 Å². The Hall–Kier alpha value is -1.66. The maximum atomic E-state index is 12.0. The van der Waals surface area contributed by atoms with E-state index in [1.54, 1.807) is 0 Å². The molecular formula is C9H9F3N2O2. The SMILES string of the molecule is CC(CC(F)(F)F)Oc1cnc(C=O)cn1. The summed E-state index contributed by atoms with van der Waals surface area (Å²) >= 11 is 0. The third-order valence-electron chi connectivity index (χ3n) is 1.61. The van der Waals surface area contributed by atoms with Crippen molar-refractivity contribution in [3.8, 4) is 5.88 Å². The maximum absolute atomic E-state index is 12.0. The summed E-state index contributed by atoms with van der Waals surface area (Å²) in [6, 6.07) is 0. The van der Waals surface area contributed by atoms with E-state index in [0.29, 0.717) is 6.29 Å². The van der Waals surface area contributed by atoms with Gasteiger partial charge in [-0.3, -0.25) is 4.79 Å². The third-order valence-corrected chi connectivity index (χ3v) is 1.61. The van der Waals surface area contributed by atoms with Crippen molar-refractivity contribution in [1.29, 1.82) is 0 Å². The number of hydrogen-bond acceptors (Lipinski definition) is 4. The number of alkyl halides is 3. The molecule has 0 aromatic carbocycles. The van der Waals surface area contributed by atoms with E-state index in [2.05, 4.69) is 9.97 Å². The van der Waals surface area contributed by atoms with E-state index in [1.807, 2.05) is 0 Å². The molecule has 0 spiro atoms. The first-order valence-electron chi connectivity index (χ1n) is 4.41. The molecule has 4 nitrogen and oxygen atoms in total. The Labute approximate surface area is 89.5 Å². The second-order valence-corrected chi connectivity index (χ2v) is 3.15. The highest BCUT2D eigenvalue weighted by Crippen LogP contribution is 2.23. The zero-order chi connectivity index (χ0) is 12.2. The molecule has 7 heteroatoms. The van der Waals surface area contributed by atoms with Crippen molar-refractivity contribution in [1.82, 2.24) is 9.97 Å². The quantitative estimate of drug-likeness (QED) is 0.748. The fraction of sp³-hybridized carbons (Fsp3) is 0.444. The molecule has 1 atom stereocenters. The highest BCUT2D eigenvalue weighted by molar-refractivity contribution is 5.70. The van der Waals surface area contributed by atoms with Gasteiger partial charge in [-0.15, -0.1) is 0 Å². The van der Waals surface area contributed by atoms with Gasteiger partial charge in [-0.05, 0) is 6.92 Å². The van der Waals surface area contributed by atoms with Crippen LogP contribution in [0.4, 0.5) is 13.2 Å². The van der Waals surface area contributed by atoms with Crippen LogP contribution in [0, 0.1) is 0 Å². The summed E-state index contributed by atoms with van der Waals surface area (Å²) in [5.74, 6) is -0.0395. The summed E-state index contributed by atoms with van der Waals surface area (Å²) in [5, 5.41) is 0. The fourth-order valence-electron chi connectivity index (χ4n) is 1.02. The highest BCUT2D eigenvalue weighted by Gasteiger charge is 2.31. The van der Waals surface area contributed by atoms with Crippen molar-refractivity contribution in [3.63, 3.8) is 0 Å². The van der Waals surface area contributed by atoms with Crippen LogP contribution in [0.15, 0.2) is 12.4 Å². The molecule has 88 valence electrons. The lowest BCUT2D eigenvalue weighted by Crippen LogP contribution is -2.22. The summed E-state index contributed by atoms with van der Waals surface area (Å²) in [5.41, 5.74) is 0.0934. The minimum Gasteiger partial charge on any atom is -0.473 e. The average Bonchev–Trinajstić information content (AvgIpc) is 2.16. The lowest BCUT2D eigenvalue weighted by molar-refractivity contribution is -0.149. The number of aldehydes is 1. The van der Waals surface area contributed by atoms with Crippen LogP contribution in [0.3, 0.4) is 0 Å². The van der Waals surface area contributed by atoms with Crippen molar-refractivity contribution < 1.29 is 22.7 Å². The number of rotatable bonds is 4. The maximum Gasteiger partial charge on any atom is 0.392 e. The van der Waals surface area contributed by atoms with Gasteiger partial charge in [0, 0.05) is 0 Å². The first-order chi connectivity index (χ1) is 7.40. The molecule has 0 radical (unpaired) electrons. The Balaban J connectivity index is 2.56. The lowest BCUT2D eigenvalue weighted by atomic mass is 10.3. The summed E-state index contributed by atoms with van der Waals surface area (Å²) < 4.78 is 40.8. The van der Waals surface area contributed by atoms with Crippen molar-refractivity contribution >= 4 is 6.29 Å². The van der Waals surface area contributed by atoms with E-state index in [-0.39, 0.29) is 11.6 Å². The van der Waals surface area contributed by atoms with Gasteiger partial charge in [-0.25, -0.2) is 9.97 Å². The van der Waals surface area contributed by atoms with E-state index in [0.717, 1.165) is 12.4 Å². The predicted molar refractivity (Wildman–Crippen MR) is 48.2 cm³/mol. The third kappa shape index (κ3) is 4.24. The van der Waals surface area contributed by atoms with Gasteiger partial charge in [-0.1, -0.05) is 0 Å². The molecule has 16 heavy (non-hydrogen) atoms. The Morgan fingerprint density at radius 2 is 2.12 bits per heavy atom. The van der Waals surface area contributed by atoms with Gasteiger partial charge < -0.3 is 4.74 Å². The number of carbonyl (C=O) groups excluding carboxylic acids is 1. The van der Waals surface area contributed by atoms with Gasteiger partial charge in [0.05, 0.1) is 18.8 Å². The smallest absolute Gasteiger partial charge is 0.392 e. The number of nitrogens with zero attached hydrogens (tertiary/aromatic N) is 2. The van der Waals surface area contributed by atoms with Crippen LogP contribution in [0.2, 0.25) is 0 Å². The molecule has 0 saturated carbocycles. The molecular weight excluding hydrogens is 225 g/mol. The topological polar surface area (TPSA) is 52.1 Å². The molecule has 0 aliphatic carbocycles. The molecule has 0 amide bonds. The van der Waals surface area contributed by atoms with Crippen molar-refractivity contribution in [2.75, 3.05) is 0 Å². The monoisotopic (exact) mass is 234 g/mol. The Bertz CT molecular complexity index is 351. The Morgan fingerprint density at radius 3 is 2.56 bits per heavy atom. The number of hydrogen-bond donors (Lipinski definition) is 0. The lowest BCUT2D eigenvalue weighted by Gasteiger charge is -2.15. The standard InChI is InChI=1S/C9H9F3N2O2/c1-6(2-9(10,11)12)16-8-4-13-7(5-15)3-14-8/h3-6H,2H2,1H3. The molecule has 0 aliphatic rings. The zero-order valence-corrected chi connectivity index (χ0v) is 8.36.